The molecule has 172 valence electrons. The fourth-order valence-electron chi connectivity index (χ4n) is 4.25. The third-order valence-electron chi connectivity index (χ3n) is 6.14. The second-order valence-electron chi connectivity index (χ2n) is 8.64. The van der Waals surface area contributed by atoms with Crippen molar-refractivity contribution < 1.29 is 14.3 Å². The number of nitrogens with one attached hydrogen (secondary N) is 1. The van der Waals surface area contributed by atoms with Gasteiger partial charge in [0.05, 0.1) is 13.2 Å². The van der Waals surface area contributed by atoms with Crippen molar-refractivity contribution in [3.8, 4) is 11.5 Å². The molecule has 2 aliphatic rings. The maximum Gasteiger partial charge on any atom is 0.220 e. The van der Waals surface area contributed by atoms with Crippen LogP contribution in [-0.2, 0) is 17.8 Å². The maximum absolute atomic E-state index is 12.2. The smallest absolute Gasteiger partial charge is 0.220 e. The summed E-state index contributed by atoms with van der Waals surface area (Å²) in [5, 5.41) is 3.07. The van der Waals surface area contributed by atoms with Crippen LogP contribution in [0.4, 0.5) is 0 Å². The van der Waals surface area contributed by atoms with Crippen molar-refractivity contribution in [2.75, 3.05) is 52.5 Å². The second-order valence-corrected chi connectivity index (χ2v) is 8.64. The van der Waals surface area contributed by atoms with Gasteiger partial charge in [0.1, 0.15) is 0 Å². The first-order valence-corrected chi connectivity index (χ1v) is 11.9. The van der Waals surface area contributed by atoms with E-state index in [-0.39, 0.29) is 5.91 Å². The number of benzene rings is 2. The molecule has 2 aromatic rings. The number of carbonyl (C=O) groups excluding carboxylic acids is 1. The van der Waals surface area contributed by atoms with Crippen molar-refractivity contribution in [3.05, 3.63) is 59.7 Å². The Labute approximate surface area is 191 Å². The van der Waals surface area contributed by atoms with E-state index in [0.717, 1.165) is 75.7 Å². The minimum absolute atomic E-state index is 0.116. The number of fused-ring (bicyclic) bond motifs is 1. The van der Waals surface area contributed by atoms with Crippen molar-refractivity contribution in [1.82, 2.24) is 15.1 Å². The Hall–Kier alpha value is -2.57. The lowest BCUT2D eigenvalue weighted by atomic mass is 10.1. The summed E-state index contributed by atoms with van der Waals surface area (Å²) in [5.74, 6) is 1.71. The van der Waals surface area contributed by atoms with E-state index in [2.05, 4.69) is 45.4 Å². The minimum Gasteiger partial charge on any atom is -0.490 e. The van der Waals surface area contributed by atoms with Crippen LogP contribution in [0.2, 0.25) is 0 Å². The predicted octanol–water partition coefficient (Wildman–Crippen LogP) is 3.10. The summed E-state index contributed by atoms with van der Waals surface area (Å²) in [6.45, 7) is 8.61. The van der Waals surface area contributed by atoms with Crippen LogP contribution < -0.4 is 14.8 Å². The Morgan fingerprint density at radius 3 is 2.44 bits per heavy atom. The molecule has 1 amide bonds. The molecule has 0 bridgehead atoms. The topological polar surface area (TPSA) is 54.0 Å². The number of piperazine rings is 1. The zero-order valence-corrected chi connectivity index (χ0v) is 18.9. The molecule has 1 saturated heterocycles. The lowest BCUT2D eigenvalue weighted by Crippen LogP contribution is -2.46. The SMILES string of the molecule is O=C(CCc1ccc2c(c1)OCCCO2)NCCCN1CCN(Cc2ccccc2)CC1. The van der Waals surface area contributed by atoms with Gasteiger partial charge in [-0.3, -0.25) is 9.69 Å². The highest BCUT2D eigenvalue weighted by Crippen LogP contribution is 2.30. The fourth-order valence-corrected chi connectivity index (χ4v) is 4.25. The molecule has 0 unspecified atom stereocenters. The molecular formula is C26H35N3O3. The first-order chi connectivity index (χ1) is 15.8. The Balaban J connectivity index is 1.08. The summed E-state index contributed by atoms with van der Waals surface area (Å²) in [6.07, 6.45) is 3.11. The van der Waals surface area contributed by atoms with Crippen LogP contribution in [0.15, 0.2) is 48.5 Å². The molecule has 4 rings (SSSR count). The third kappa shape index (κ3) is 6.97. The zero-order valence-electron chi connectivity index (χ0n) is 18.9. The third-order valence-corrected chi connectivity index (χ3v) is 6.14. The van der Waals surface area contributed by atoms with Gasteiger partial charge in [0, 0.05) is 52.1 Å². The normalized spacial score (nSPS) is 17.0. The second kappa shape index (κ2) is 11.9. The van der Waals surface area contributed by atoms with Gasteiger partial charge < -0.3 is 19.7 Å². The molecule has 2 aliphatic heterocycles. The van der Waals surface area contributed by atoms with E-state index in [4.69, 9.17) is 9.47 Å². The van der Waals surface area contributed by atoms with E-state index < -0.39 is 0 Å². The highest BCUT2D eigenvalue weighted by molar-refractivity contribution is 5.76. The zero-order chi connectivity index (χ0) is 22.0. The molecule has 32 heavy (non-hydrogen) atoms. The molecule has 0 atom stereocenters. The molecule has 0 spiro atoms. The molecule has 0 aliphatic carbocycles. The van der Waals surface area contributed by atoms with Gasteiger partial charge in [0.2, 0.25) is 5.91 Å². The lowest BCUT2D eigenvalue weighted by molar-refractivity contribution is -0.121. The Morgan fingerprint density at radius 2 is 1.62 bits per heavy atom. The summed E-state index contributed by atoms with van der Waals surface area (Å²) in [7, 11) is 0. The van der Waals surface area contributed by atoms with Gasteiger partial charge in [0.15, 0.2) is 11.5 Å². The quantitative estimate of drug-likeness (QED) is 0.611. The van der Waals surface area contributed by atoms with Gasteiger partial charge in [-0.1, -0.05) is 36.4 Å². The molecule has 2 aromatic carbocycles. The van der Waals surface area contributed by atoms with Gasteiger partial charge in [-0.2, -0.15) is 0 Å². The number of hydrogen-bond donors (Lipinski definition) is 1. The van der Waals surface area contributed by atoms with Crippen LogP contribution in [-0.4, -0.2) is 68.2 Å². The molecule has 6 heteroatoms. The van der Waals surface area contributed by atoms with Crippen LogP contribution in [0.5, 0.6) is 11.5 Å². The molecule has 0 radical (unpaired) electrons. The molecule has 0 aromatic heterocycles. The van der Waals surface area contributed by atoms with Gasteiger partial charge in [0.25, 0.3) is 0 Å². The number of amides is 1. The number of ether oxygens (including phenoxy) is 2. The minimum atomic E-state index is 0.116. The Kier molecular flexibility index (Phi) is 8.40. The molecule has 1 N–H and O–H groups in total. The molecule has 2 heterocycles. The summed E-state index contributed by atoms with van der Waals surface area (Å²) in [6, 6.07) is 16.7. The van der Waals surface area contributed by atoms with E-state index in [1.807, 2.05) is 18.2 Å². The molecule has 1 fully saturated rings. The number of carbonyl (C=O) groups is 1. The van der Waals surface area contributed by atoms with Crippen molar-refractivity contribution in [3.63, 3.8) is 0 Å². The number of nitrogens with zero attached hydrogens (tertiary/aromatic N) is 2. The van der Waals surface area contributed by atoms with E-state index >= 15 is 0 Å². The summed E-state index contributed by atoms with van der Waals surface area (Å²) in [4.78, 5) is 17.3. The lowest BCUT2D eigenvalue weighted by Gasteiger charge is -2.34. The van der Waals surface area contributed by atoms with Crippen molar-refractivity contribution in [2.24, 2.45) is 0 Å². The van der Waals surface area contributed by atoms with Crippen LogP contribution in [0, 0.1) is 0 Å². The van der Waals surface area contributed by atoms with Crippen molar-refractivity contribution in [2.45, 2.75) is 32.2 Å². The molecular weight excluding hydrogens is 402 g/mol. The number of rotatable bonds is 9. The van der Waals surface area contributed by atoms with Crippen LogP contribution in [0.25, 0.3) is 0 Å². The monoisotopic (exact) mass is 437 g/mol. The van der Waals surface area contributed by atoms with E-state index in [1.165, 1.54) is 5.56 Å². The first kappa shape index (κ1) is 22.6. The summed E-state index contributed by atoms with van der Waals surface area (Å²) < 4.78 is 11.4. The molecule has 0 saturated carbocycles. The highest BCUT2D eigenvalue weighted by Gasteiger charge is 2.16. The van der Waals surface area contributed by atoms with Gasteiger partial charge in [-0.15, -0.1) is 0 Å². The first-order valence-electron chi connectivity index (χ1n) is 11.9. The van der Waals surface area contributed by atoms with Crippen molar-refractivity contribution >= 4 is 5.91 Å². The predicted molar refractivity (Wildman–Crippen MR) is 126 cm³/mol. The highest BCUT2D eigenvalue weighted by atomic mass is 16.5. The van der Waals surface area contributed by atoms with E-state index in [0.29, 0.717) is 26.1 Å². The maximum atomic E-state index is 12.2. The standard InChI is InChI=1S/C26H35N3O3/c30-26(11-9-22-8-10-24-25(20-22)32-19-5-18-31-24)27-12-4-13-28-14-16-29(17-15-28)21-23-6-2-1-3-7-23/h1-3,6-8,10,20H,4-5,9,11-19,21H2,(H,27,30). The van der Waals surface area contributed by atoms with Crippen LogP contribution in [0.3, 0.4) is 0 Å². The number of aryl methyl sites for hydroxylation is 1. The average Bonchev–Trinajstić information content (AvgIpc) is 3.07. The largest absolute Gasteiger partial charge is 0.490 e. The van der Waals surface area contributed by atoms with Crippen LogP contribution in [0.1, 0.15) is 30.4 Å². The molecule has 6 nitrogen and oxygen atoms in total. The summed E-state index contributed by atoms with van der Waals surface area (Å²) >= 11 is 0. The fraction of sp³-hybridized carbons (Fsp3) is 0.500. The van der Waals surface area contributed by atoms with Gasteiger partial charge in [-0.25, -0.2) is 0 Å². The van der Waals surface area contributed by atoms with Crippen molar-refractivity contribution in [1.29, 1.82) is 0 Å². The van der Waals surface area contributed by atoms with Gasteiger partial charge in [-0.05, 0) is 42.6 Å². The van der Waals surface area contributed by atoms with E-state index in [9.17, 15) is 4.79 Å². The Bertz CT molecular complexity index is 851. The number of hydrogen-bond acceptors (Lipinski definition) is 5. The average molecular weight is 438 g/mol. The van der Waals surface area contributed by atoms with E-state index in [1.54, 1.807) is 0 Å². The summed E-state index contributed by atoms with van der Waals surface area (Å²) in [5.41, 5.74) is 2.49. The van der Waals surface area contributed by atoms with Gasteiger partial charge >= 0.3 is 0 Å². The van der Waals surface area contributed by atoms with Crippen LogP contribution >= 0.6 is 0 Å². The Morgan fingerprint density at radius 1 is 0.875 bits per heavy atom.